The quantitative estimate of drug-likeness (QED) is 0.730. The van der Waals surface area contributed by atoms with Gasteiger partial charge in [-0.15, -0.1) is 0 Å². The van der Waals surface area contributed by atoms with Crippen molar-refractivity contribution in [3.63, 3.8) is 0 Å². The van der Waals surface area contributed by atoms with Gasteiger partial charge in [0.15, 0.2) is 5.82 Å². The molecule has 1 aromatic heterocycles. The van der Waals surface area contributed by atoms with E-state index in [0.717, 1.165) is 5.56 Å². The van der Waals surface area contributed by atoms with Crippen molar-refractivity contribution in [2.24, 2.45) is 0 Å². The van der Waals surface area contributed by atoms with Gasteiger partial charge in [-0.2, -0.15) is 10.4 Å². The zero-order valence-corrected chi connectivity index (χ0v) is 10.1. The van der Waals surface area contributed by atoms with E-state index in [2.05, 4.69) is 10.1 Å². The minimum atomic E-state index is -1.23. The molecule has 2 rings (SSSR count). The van der Waals surface area contributed by atoms with Crippen LogP contribution in [0.15, 0.2) is 30.3 Å². The largest absolute Gasteiger partial charge is 0.548 e. The maximum atomic E-state index is 10.7. The topological polar surface area (TPSA) is 94.6 Å². The number of nitriles is 1. The third kappa shape index (κ3) is 3.39. The molecule has 0 spiro atoms. The fourth-order valence-electron chi connectivity index (χ4n) is 1.73. The molecule has 0 unspecified atom stereocenters. The normalized spacial score (nSPS) is 10.1. The highest BCUT2D eigenvalue weighted by Crippen LogP contribution is 2.08. The summed E-state index contributed by atoms with van der Waals surface area (Å²) in [6, 6.07) is 11.5. The SMILES string of the molecule is N#CCc1nc(Cc2ccccc2)n(CC(=O)[O-])n1. The Labute approximate surface area is 109 Å². The first kappa shape index (κ1) is 12.8. The number of hydrogen-bond acceptors (Lipinski definition) is 5. The van der Waals surface area contributed by atoms with E-state index in [9.17, 15) is 9.90 Å². The number of hydrogen-bond donors (Lipinski definition) is 0. The van der Waals surface area contributed by atoms with Crippen LogP contribution in [0, 0.1) is 11.3 Å². The number of carboxylic acids is 1. The van der Waals surface area contributed by atoms with E-state index < -0.39 is 5.97 Å². The first-order chi connectivity index (χ1) is 9.19. The van der Waals surface area contributed by atoms with Crippen molar-refractivity contribution in [1.82, 2.24) is 14.8 Å². The lowest BCUT2D eigenvalue weighted by atomic mass is 10.1. The van der Waals surface area contributed by atoms with Gasteiger partial charge in [0.05, 0.1) is 25.0 Å². The van der Waals surface area contributed by atoms with Crippen LogP contribution in [0.5, 0.6) is 0 Å². The summed E-state index contributed by atoms with van der Waals surface area (Å²) in [5.41, 5.74) is 0.998. The van der Waals surface area contributed by atoms with Crippen LogP contribution in [0.1, 0.15) is 17.2 Å². The zero-order chi connectivity index (χ0) is 13.7. The summed E-state index contributed by atoms with van der Waals surface area (Å²) in [6.45, 7) is -0.361. The molecule has 0 amide bonds. The number of aliphatic carboxylic acids is 1. The summed E-state index contributed by atoms with van der Waals surface area (Å²) in [6.07, 6.45) is 0.522. The second kappa shape index (κ2) is 5.78. The van der Waals surface area contributed by atoms with Crippen molar-refractivity contribution in [2.45, 2.75) is 19.4 Å². The van der Waals surface area contributed by atoms with Gasteiger partial charge in [0, 0.05) is 6.42 Å². The number of nitrogens with zero attached hydrogens (tertiary/aromatic N) is 4. The first-order valence-corrected chi connectivity index (χ1v) is 5.72. The second-order valence-electron chi connectivity index (χ2n) is 3.97. The maximum Gasteiger partial charge on any atom is 0.165 e. The molecule has 0 N–H and O–H groups in total. The lowest BCUT2D eigenvalue weighted by molar-refractivity contribution is -0.306. The Bertz CT molecular complexity index is 613. The molecule has 0 radical (unpaired) electrons. The number of carboxylic acid groups (broad SMARTS) is 1. The summed E-state index contributed by atoms with van der Waals surface area (Å²) >= 11 is 0. The molecule has 0 atom stereocenters. The monoisotopic (exact) mass is 255 g/mol. The van der Waals surface area contributed by atoms with E-state index in [4.69, 9.17) is 5.26 Å². The Hall–Kier alpha value is -2.68. The van der Waals surface area contributed by atoms with E-state index in [-0.39, 0.29) is 13.0 Å². The van der Waals surface area contributed by atoms with Crippen molar-refractivity contribution in [3.8, 4) is 6.07 Å². The van der Waals surface area contributed by atoms with Crippen molar-refractivity contribution in [2.75, 3.05) is 0 Å². The lowest BCUT2D eigenvalue weighted by Gasteiger charge is -2.06. The fraction of sp³-hybridized carbons (Fsp3) is 0.231. The highest BCUT2D eigenvalue weighted by Gasteiger charge is 2.10. The Morgan fingerprint density at radius 3 is 2.74 bits per heavy atom. The van der Waals surface area contributed by atoms with Crippen LogP contribution in [-0.2, 0) is 24.2 Å². The summed E-state index contributed by atoms with van der Waals surface area (Å²) in [7, 11) is 0. The highest BCUT2D eigenvalue weighted by molar-refractivity contribution is 5.63. The van der Waals surface area contributed by atoms with E-state index in [1.165, 1.54) is 4.68 Å². The molecule has 0 aliphatic heterocycles. The van der Waals surface area contributed by atoms with Crippen LogP contribution >= 0.6 is 0 Å². The highest BCUT2D eigenvalue weighted by atomic mass is 16.4. The standard InChI is InChI=1S/C13H12N4O2/c14-7-6-11-15-12(17(16-11)9-13(18)19)8-10-4-2-1-3-5-10/h1-5H,6,8-9H2,(H,18,19)/p-1. The van der Waals surface area contributed by atoms with Crippen LogP contribution in [0.25, 0.3) is 0 Å². The molecule has 0 saturated carbocycles. The summed E-state index contributed by atoms with van der Waals surface area (Å²) in [4.78, 5) is 14.9. The van der Waals surface area contributed by atoms with Gasteiger partial charge in [0.25, 0.3) is 0 Å². The number of benzene rings is 1. The predicted octanol–water partition coefficient (Wildman–Crippen LogP) is -0.315. The van der Waals surface area contributed by atoms with E-state index in [1.54, 1.807) is 0 Å². The van der Waals surface area contributed by atoms with Gasteiger partial charge in [-0.3, -0.25) is 0 Å². The maximum absolute atomic E-state index is 10.7. The van der Waals surface area contributed by atoms with Gasteiger partial charge in [0.2, 0.25) is 0 Å². The lowest BCUT2D eigenvalue weighted by Crippen LogP contribution is -2.29. The van der Waals surface area contributed by atoms with Gasteiger partial charge in [-0.05, 0) is 5.56 Å². The minimum absolute atomic E-state index is 0.0574. The van der Waals surface area contributed by atoms with Gasteiger partial charge >= 0.3 is 0 Å². The van der Waals surface area contributed by atoms with Gasteiger partial charge < -0.3 is 9.90 Å². The molecule has 6 nitrogen and oxygen atoms in total. The zero-order valence-electron chi connectivity index (χ0n) is 10.1. The molecular weight excluding hydrogens is 244 g/mol. The minimum Gasteiger partial charge on any atom is -0.548 e. The Kier molecular flexibility index (Phi) is 3.88. The number of carbonyl (C=O) groups excluding carboxylic acids is 1. The third-order valence-electron chi connectivity index (χ3n) is 2.51. The van der Waals surface area contributed by atoms with Crippen molar-refractivity contribution in [3.05, 3.63) is 47.5 Å². The van der Waals surface area contributed by atoms with Gasteiger partial charge in [0.1, 0.15) is 5.82 Å². The van der Waals surface area contributed by atoms with E-state index >= 15 is 0 Å². The molecule has 0 fully saturated rings. The molecular formula is C13H11N4O2-. The molecule has 0 aliphatic rings. The van der Waals surface area contributed by atoms with Crippen LogP contribution in [0.3, 0.4) is 0 Å². The van der Waals surface area contributed by atoms with Gasteiger partial charge in [-0.1, -0.05) is 30.3 Å². The summed E-state index contributed by atoms with van der Waals surface area (Å²) in [5.74, 6) is -0.391. The second-order valence-corrected chi connectivity index (χ2v) is 3.97. The van der Waals surface area contributed by atoms with Crippen molar-refractivity contribution in [1.29, 1.82) is 5.26 Å². The third-order valence-corrected chi connectivity index (χ3v) is 2.51. The average Bonchev–Trinajstić information content (AvgIpc) is 2.72. The Morgan fingerprint density at radius 2 is 2.11 bits per heavy atom. The van der Waals surface area contributed by atoms with E-state index in [1.807, 2.05) is 36.4 Å². The molecule has 1 aromatic carbocycles. The Morgan fingerprint density at radius 1 is 1.37 bits per heavy atom. The van der Waals surface area contributed by atoms with Crippen molar-refractivity contribution >= 4 is 5.97 Å². The molecule has 2 aromatic rings. The molecule has 0 aliphatic carbocycles. The van der Waals surface area contributed by atoms with E-state index in [0.29, 0.717) is 18.1 Å². The summed E-state index contributed by atoms with van der Waals surface area (Å²) in [5, 5.41) is 23.3. The van der Waals surface area contributed by atoms with Crippen molar-refractivity contribution < 1.29 is 9.90 Å². The number of aromatic nitrogens is 3. The summed E-state index contributed by atoms with van der Waals surface area (Å²) < 4.78 is 1.27. The van der Waals surface area contributed by atoms with Crippen LogP contribution in [0.4, 0.5) is 0 Å². The smallest absolute Gasteiger partial charge is 0.165 e. The molecule has 6 heteroatoms. The molecule has 96 valence electrons. The van der Waals surface area contributed by atoms with Crippen LogP contribution < -0.4 is 5.11 Å². The van der Waals surface area contributed by atoms with Crippen LogP contribution in [-0.4, -0.2) is 20.7 Å². The number of carbonyl (C=O) groups is 1. The Balaban J connectivity index is 2.27. The fourth-order valence-corrected chi connectivity index (χ4v) is 1.73. The first-order valence-electron chi connectivity index (χ1n) is 5.72. The average molecular weight is 255 g/mol. The number of rotatable bonds is 5. The molecule has 1 heterocycles. The van der Waals surface area contributed by atoms with Crippen LogP contribution in [0.2, 0.25) is 0 Å². The molecule has 0 bridgehead atoms. The predicted molar refractivity (Wildman–Crippen MR) is 63.6 cm³/mol. The van der Waals surface area contributed by atoms with Gasteiger partial charge in [-0.25, -0.2) is 9.67 Å². The molecule has 19 heavy (non-hydrogen) atoms. The molecule has 0 saturated heterocycles.